The molecule has 7 heteroatoms. The maximum Gasteiger partial charge on any atom is 0.326 e. The van der Waals surface area contributed by atoms with E-state index in [-0.39, 0.29) is 12.5 Å². The predicted octanol–water partition coefficient (Wildman–Crippen LogP) is 0.457. The number of imidazole rings is 1. The quantitative estimate of drug-likeness (QED) is 0.737. The molecule has 1 aromatic heterocycles. The standard InChI is InChI=1S/C12H18N4O3/c1-8-2-3-16(6-8)12(19)15-10(11(17)18)4-9-5-13-7-14-9/h5,7-8,10H,2-4,6H2,1H3,(H,13,14)(H,15,19)(H,17,18)/t8?,10-/m0/s1. The summed E-state index contributed by atoms with van der Waals surface area (Å²) in [5.41, 5.74) is 0.683. The Kier molecular flexibility index (Phi) is 4.03. The molecule has 0 saturated carbocycles. The van der Waals surface area contributed by atoms with Crippen molar-refractivity contribution in [1.82, 2.24) is 20.2 Å². The van der Waals surface area contributed by atoms with Gasteiger partial charge in [-0.2, -0.15) is 0 Å². The minimum Gasteiger partial charge on any atom is -0.480 e. The average Bonchev–Trinajstić information content (AvgIpc) is 2.99. The first kappa shape index (κ1) is 13.4. The highest BCUT2D eigenvalue weighted by atomic mass is 16.4. The normalized spacial score (nSPS) is 20.3. The van der Waals surface area contributed by atoms with Crippen LogP contribution < -0.4 is 5.32 Å². The van der Waals surface area contributed by atoms with Gasteiger partial charge >= 0.3 is 12.0 Å². The Hall–Kier alpha value is -2.05. The van der Waals surface area contributed by atoms with E-state index in [1.54, 1.807) is 11.1 Å². The van der Waals surface area contributed by atoms with Gasteiger partial charge in [0.2, 0.25) is 0 Å². The number of nitrogens with zero attached hydrogens (tertiary/aromatic N) is 2. The molecule has 2 heterocycles. The molecule has 1 aromatic rings. The fourth-order valence-electron chi connectivity index (χ4n) is 2.18. The second kappa shape index (κ2) is 5.73. The summed E-state index contributed by atoms with van der Waals surface area (Å²) in [5.74, 6) is -0.572. The number of hydrogen-bond donors (Lipinski definition) is 3. The molecule has 2 rings (SSSR count). The van der Waals surface area contributed by atoms with Gasteiger partial charge in [-0.3, -0.25) is 0 Å². The monoisotopic (exact) mass is 266 g/mol. The number of aromatic amines is 1. The first-order valence-corrected chi connectivity index (χ1v) is 6.31. The minimum absolute atomic E-state index is 0.199. The van der Waals surface area contributed by atoms with Gasteiger partial charge in [0.1, 0.15) is 6.04 Å². The van der Waals surface area contributed by atoms with Crippen LogP contribution in [0, 0.1) is 5.92 Å². The van der Waals surface area contributed by atoms with Crippen LogP contribution in [0.4, 0.5) is 4.79 Å². The van der Waals surface area contributed by atoms with Crippen LogP contribution in [0.25, 0.3) is 0 Å². The molecule has 0 aliphatic carbocycles. The average molecular weight is 266 g/mol. The highest BCUT2D eigenvalue weighted by molar-refractivity contribution is 5.82. The van der Waals surface area contributed by atoms with Crippen molar-refractivity contribution in [2.75, 3.05) is 13.1 Å². The van der Waals surface area contributed by atoms with Crippen molar-refractivity contribution in [3.63, 3.8) is 0 Å². The molecule has 0 aromatic carbocycles. The molecule has 2 atom stereocenters. The number of rotatable bonds is 4. The lowest BCUT2D eigenvalue weighted by Crippen LogP contribution is -2.48. The number of likely N-dealkylation sites (tertiary alicyclic amines) is 1. The van der Waals surface area contributed by atoms with Crippen LogP contribution in [0.15, 0.2) is 12.5 Å². The summed E-state index contributed by atoms with van der Waals surface area (Å²) >= 11 is 0. The zero-order valence-electron chi connectivity index (χ0n) is 10.8. The lowest BCUT2D eigenvalue weighted by molar-refractivity contribution is -0.139. The van der Waals surface area contributed by atoms with Crippen LogP contribution in [0.5, 0.6) is 0 Å². The van der Waals surface area contributed by atoms with Crippen LogP contribution in [0.1, 0.15) is 19.0 Å². The number of carboxylic acid groups (broad SMARTS) is 1. The van der Waals surface area contributed by atoms with Crippen molar-refractivity contribution in [3.05, 3.63) is 18.2 Å². The summed E-state index contributed by atoms with van der Waals surface area (Å²) < 4.78 is 0. The molecule has 2 amide bonds. The van der Waals surface area contributed by atoms with Crippen molar-refractivity contribution in [3.8, 4) is 0 Å². The smallest absolute Gasteiger partial charge is 0.326 e. The van der Waals surface area contributed by atoms with Crippen molar-refractivity contribution in [2.24, 2.45) is 5.92 Å². The van der Waals surface area contributed by atoms with E-state index in [2.05, 4.69) is 22.2 Å². The van der Waals surface area contributed by atoms with Crippen molar-refractivity contribution < 1.29 is 14.7 Å². The number of H-pyrrole nitrogens is 1. The topological polar surface area (TPSA) is 98.3 Å². The summed E-state index contributed by atoms with van der Waals surface area (Å²) in [4.78, 5) is 31.5. The van der Waals surface area contributed by atoms with Gasteiger partial charge in [-0.05, 0) is 12.3 Å². The van der Waals surface area contributed by atoms with E-state index in [0.717, 1.165) is 6.42 Å². The fourth-order valence-corrected chi connectivity index (χ4v) is 2.18. The Morgan fingerprint density at radius 3 is 3.00 bits per heavy atom. The molecule has 104 valence electrons. The molecule has 1 fully saturated rings. The molecule has 0 spiro atoms. The van der Waals surface area contributed by atoms with Crippen LogP contribution in [0.2, 0.25) is 0 Å². The second-order valence-corrected chi connectivity index (χ2v) is 4.96. The van der Waals surface area contributed by atoms with Crippen molar-refractivity contribution >= 4 is 12.0 Å². The van der Waals surface area contributed by atoms with Gasteiger partial charge < -0.3 is 20.3 Å². The van der Waals surface area contributed by atoms with Gasteiger partial charge in [0.05, 0.1) is 6.33 Å². The van der Waals surface area contributed by atoms with Crippen LogP contribution >= 0.6 is 0 Å². The number of carbonyl (C=O) groups is 2. The fraction of sp³-hybridized carbons (Fsp3) is 0.583. The third kappa shape index (κ3) is 3.46. The number of carboxylic acids is 1. The highest BCUT2D eigenvalue weighted by Gasteiger charge is 2.27. The van der Waals surface area contributed by atoms with Crippen LogP contribution in [-0.4, -0.2) is 51.1 Å². The number of aliphatic carboxylic acids is 1. The maximum absolute atomic E-state index is 12.0. The van der Waals surface area contributed by atoms with Crippen molar-refractivity contribution in [2.45, 2.75) is 25.8 Å². The lowest BCUT2D eigenvalue weighted by atomic mass is 10.1. The number of hydrogen-bond acceptors (Lipinski definition) is 3. The number of aromatic nitrogens is 2. The molecule has 7 nitrogen and oxygen atoms in total. The zero-order valence-corrected chi connectivity index (χ0v) is 10.8. The number of amides is 2. The molecule has 1 aliphatic heterocycles. The first-order chi connectivity index (χ1) is 9.06. The molecule has 0 bridgehead atoms. The highest BCUT2D eigenvalue weighted by Crippen LogP contribution is 2.15. The number of urea groups is 1. The largest absolute Gasteiger partial charge is 0.480 e. The van der Waals surface area contributed by atoms with Crippen LogP contribution in [0.3, 0.4) is 0 Å². The summed E-state index contributed by atoms with van der Waals surface area (Å²) in [7, 11) is 0. The van der Waals surface area contributed by atoms with Gasteiger partial charge in [-0.25, -0.2) is 14.6 Å². The molecular weight excluding hydrogens is 248 g/mol. The van der Waals surface area contributed by atoms with E-state index in [1.165, 1.54) is 6.33 Å². The Morgan fingerprint density at radius 1 is 1.68 bits per heavy atom. The zero-order chi connectivity index (χ0) is 13.8. The maximum atomic E-state index is 12.0. The summed E-state index contributed by atoms with van der Waals surface area (Å²) in [6, 6.07) is -1.25. The molecule has 19 heavy (non-hydrogen) atoms. The van der Waals surface area contributed by atoms with Crippen molar-refractivity contribution in [1.29, 1.82) is 0 Å². The Labute approximate surface area is 111 Å². The third-order valence-corrected chi connectivity index (χ3v) is 3.29. The number of carbonyl (C=O) groups excluding carboxylic acids is 1. The lowest BCUT2D eigenvalue weighted by Gasteiger charge is -2.20. The molecule has 1 unspecified atom stereocenters. The van der Waals surface area contributed by atoms with E-state index in [4.69, 9.17) is 5.11 Å². The molecule has 0 radical (unpaired) electrons. The molecule has 1 aliphatic rings. The summed E-state index contributed by atoms with van der Waals surface area (Å²) in [6.07, 6.45) is 4.20. The van der Waals surface area contributed by atoms with E-state index < -0.39 is 12.0 Å². The van der Waals surface area contributed by atoms with Gasteiger partial charge in [-0.15, -0.1) is 0 Å². The van der Waals surface area contributed by atoms with E-state index in [9.17, 15) is 9.59 Å². The molecule has 1 saturated heterocycles. The van der Waals surface area contributed by atoms with E-state index in [1.807, 2.05) is 0 Å². The second-order valence-electron chi connectivity index (χ2n) is 4.96. The van der Waals surface area contributed by atoms with Crippen LogP contribution in [-0.2, 0) is 11.2 Å². The Morgan fingerprint density at radius 2 is 2.47 bits per heavy atom. The van der Waals surface area contributed by atoms with Gasteiger partial charge in [0.15, 0.2) is 0 Å². The van der Waals surface area contributed by atoms with E-state index >= 15 is 0 Å². The van der Waals surface area contributed by atoms with E-state index in [0.29, 0.717) is 24.7 Å². The Balaban J connectivity index is 1.93. The Bertz CT molecular complexity index is 446. The summed E-state index contributed by atoms with van der Waals surface area (Å²) in [6.45, 7) is 3.44. The van der Waals surface area contributed by atoms with Gasteiger partial charge in [0, 0.05) is 31.4 Å². The summed E-state index contributed by atoms with van der Waals surface area (Å²) in [5, 5.41) is 11.7. The van der Waals surface area contributed by atoms with Gasteiger partial charge in [0.25, 0.3) is 0 Å². The molecule has 3 N–H and O–H groups in total. The van der Waals surface area contributed by atoms with Gasteiger partial charge in [-0.1, -0.05) is 6.92 Å². The molecular formula is C12H18N4O3. The first-order valence-electron chi connectivity index (χ1n) is 6.31. The third-order valence-electron chi connectivity index (χ3n) is 3.29. The minimum atomic E-state index is -1.05. The number of nitrogens with one attached hydrogen (secondary N) is 2. The SMILES string of the molecule is CC1CCN(C(=O)N[C@@H](Cc2cnc[nH]2)C(=O)O)C1. The predicted molar refractivity (Wildman–Crippen MR) is 67.6 cm³/mol.